The van der Waals surface area contributed by atoms with Crippen molar-refractivity contribution >= 4 is 11.8 Å². The van der Waals surface area contributed by atoms with Crippen molar-refractivity contribution in [1.29, 1.82) is 0 Å². The molecule has 0 bridgehead atoms. The van der Waals surface area contributed by atoms with E-state index in [2.05, 4.69) is 5.32 Å². The van der Waals surface area contributed by atoms with Crippen molar-refractivity contribution in [3.8, 4) is 5.75 Å². The average molecular weight is 321 g/mol. The van der Waals surface area contributed by atoms with Gasteiger partial charge in [0.15, 0.2) is 5.78 Å². The van der Waals surface area contributed by atoms with Crippen molar-refractivity contribution in [2.75, 3.05) is 13.7 Å². The molecule has 5 heteroatoms. The van der Waals surface area contributed by atoms with Gasteiger partial charge in [0.25, 0.3) is 0 Å². The number of ketones is 1. The normalized spacial score (nSPS) is 13.3. The fourth-order valence-electron chi connectivity index (χ4n) is 2.31. The molecule has 0 spiro atoms. The molecule has 5 nitrogen and oxygen atoms in total. The van der Waals surface area contributed by atoms with Gasteiger partial charge in [-0.2, -0.15) is 0 Å². The van der Waals surface area contributed by atoms with Gasteiger partial charge < -0.3 is 14.8 Å². The molecule has 2 atom stereocenters. The highest BCUT2D eigenvalue weighted by Gasteiger charge is 2.25. The number of carbonyl (C=O) groups is 2. The number of benzene rings is 1. The van der Waals surface area contributed by atoms with E-state index in [9.17, 15) is 9.59 Å². The SMILES string of the molecule is CCOC(=O)CC(NC(C)CC)C(=O)c1ccc(OC)c(C)c1. The van der Waals surface area contributed by atoms with E-state index in [1.54, 1.807) is 32.2 Å². The minimum absolute atomic E-state index is 0.0299. The predicted octanol–water partition coefficient (Wildman–Crippen LogP) is 2.90. The number of nitrogens with one attached hydrogen (secondary N) is 1. The quantitative estimate of drug-likeness (QED) is 0.559. The zero-order valence-corrected chi connectivity index (χ0v) is 14.6. The second kappa shape index (κ2) is 9.30. The lowest BCUT2D eigenvalue weighted by Crippen LogP contribution is -2.43. The molecule has 0 radical (unpaired) electrons. The summed E-state index contributed by atoms with van der Waals surface area (Å²) in [7, 11) is 1.60. The molecule has 1 rings (SSSR count). The van der Waals surface area contributed by atoms with Gasteiger partial charge in [0, 0.05) is 11.6 Å². The number of hydrogen-bond donors (Lipinski definition) is 1. The Morgan fingerprint density at radius 3 is 2.48 bits per heavy atom. The van der Waals surface area contributed by atoms with E-state index in [1.165, 1.54) is 0 Å². The fourth-order valence-corrected chi connectivity index (χ4v) is 2.31. The molecule has 0 aliphatic rings. The Hall–Kier alpha value is -1.88. The molecule has 128 valence electrons. The Bertz CT molecular complexity index is 542. The second-order valence-electron chi connectivity index (χ2n) is 5.59. The zero-order chi connectivity index (χ0) is 17.4. The summed E-state index contributed by atoms with van der Waals surface area (Å²) in [6.07, 6.45) is 0.899. The average Bonchev–Trinajstić information content (AvgIpc) is 2.53. The van der Waals surface area contributed by atoms with Gasteiger partial charge in [-0.3, -0.25) is 9.59 Å². The predicted molar refractivity (Wildman–Crippen MR) is 90.0 cm³/mol. The maximum absolute atomic E-state index is 12.8. The summed E-state index contributed by atoms with van der Waals surface area (Å²) in [6, 6.07) is 4.84. The van der Waals surface area contributed by atoms with Crippen LogP contribution in [-0.4, -0.2) is 37.6 Å². The first kappa shape index (κ1) is 19.2. The van der Waals surface area contributed by atoms with Gasteiger partial charge >= 0.3 is 5.97 Å². The molecule has 0 amide bonds. The van der Waals surface area contributed by atoms with Crippen LogP contribution in [0.15, 0.2) is 18.2 Å². The Morgan fingerprint density at radius 1 is 1.26 bits per heavy atom. The minimum Gasteiger partial charge on any atom is -0.496 e. The van der Waals surface area contributed by atoms with Crippen LogP contribution in [0.5, 0.6) is 5.75 Å². The number of Topliss-reactive ketones (excluding diaryl/α,β-unsaturated/α-hetero) is 1. The lowest BCUT2D eigenvalue weighted by atomic mass is 9.98. The molecule has 23 heavy (non-hydrogen) atoms. The smallest absolute Gasteiger partial charge is 0.307 e. The van der Waals surface area contributed by atoms with Gasteiger partial charge in [-0.25, -0.2) is 0 Å². The number of esters is 1. The Balaban J connectivity index is 2.97. The van der Waals surface area contributed by atoms with E-state index < -0.39 is 6.04 Å². The first-order valence-electron chi connectivity index (χ1n) is 8.03. The summed E-state index contributed by atoms with van der Waals surface area (Å²) < 4.78 is 10.2. The number of methoxy groups -OCH3 is 1. The van der Waals surface area contributed by atoms with E-state index >= 15 is 0 Å². The summed E-state index contributed by atoms with van der Waals surface area (Å²) in [5, 5.41) is 3.22. The van der Waals surface area contributed by atoms with Crippen LogP contribution >= 0.6 is 0 Å². The third-order valence-corrected chi connectivity index (χ3v) is 3.77. The highest BCUT2D eigenvalue weighted by molar-refractivity contribution is 6.02. The lowest BCUT2D eigenvalue weighted by Gasteiger charge is -2.21. The van der Waals surface area contributed by atoms with Crippen LogP contribution in [0, 0.1) is 6.92 Å². The van der Waals surface area contributed by atoms with E-state index in [0.717, 1.165) is 17.7 Å². The summed E-state index contributed by atoms with van der Waals surface area (Å²) in [4.78, 5) is 24.6. The van der Waals surface area contributed by atoms with E-state index in [4.69, 9.17) is 9.47 Å². The van der Waals surface area contributed by atoms with Crippen molar-refractivity contribution in [2.24, 2.45) is 0 Å². The molecule has 2 unspecified atom stereocenters. The number of carbonyl (C=O) groups excluding carboxylic acids is 2. The van der Waals surface area contributed by atoms with Crippen LogP contribution in [0.1, 0.15) is 49.5 Å². The van der Waals surface area contributed by atoms with Crippen molar-refractivity contribution < 1.29 is 19.1 Å². The topological polar surface area (TPSA) is 64.6 Å². The van der Waals surface area contributed by atoms with Gasteiger partial charge in [0.1, 0.15) is 5.75 Å². The Kier molecular flexibility index (Phi) is 7.75. The van der Waals surface area contributed by atoms with Crippen LogP contribution in [0.4, 0.5) is 0 Å². The number of hydrogen-bond acceptors (Lipinski definition) is 5. The fraction of sp³-hybridized carbons (Fsp3) is 0.556. The third-order valence-electron chi connectivity index (χ3n) is 3.77. The van der Waals surface area contributed by atoms with E-state index in [0.29, 0.717) is 12.2 Å². The highest BCUT2D eigenvalue weighted by Crippen LogP contribution is 2.20. The van der Waals surface area contributed by atoms with Crippen molar-refractivity contribution in [1.82, 2.24) is 5.32 Å². The van der Waals surface area contributed by atoms with Crippen LogP contribution in [0.25, 0.3) is 0 Å². The summed E-state index contributed by atoms with van der Waals surface area (Å²) in [5.74, 6) is 0.259. The van der Waals surface area contributed by atoms with Gasteiger partial charge in [0.2, 0.25) is 0 Å². The largest absolute Gasteiger partial charge is 0.496 e. The molecule has 0 aromatic heterocycles. The summed E-state index contributed by atoms with van der Waals surface area (Å²) in [6.45, 7) is 7.97. The molecule has 0 heterocycles. The first-order chi connectivity index (χ1) is 10.9. The molecule has 1 aromatic rings. The van der Waals surface area contributed by atoms with Crippen LogP contribution in [0.3, 0.4) is 0 Å². The maximum atomic E-state index is 12.8. The van der Waals surface area contributed by atoms with Crippen LogP contribution < -0.4 is 10.1 Å². The first-order valence-corrected chi connectivity index (χ1v) is 8.03. The maximum Gasteiger partial charge on any atom is 0.307 e. The monoisotopic (exact) mass is 321 g/mol. The standard InChI is InChI=1S/C18H27NO4/c1-6-13(4)19-15(11-17(20)23-7-2)18(21)14-8-9-16(22-5)12(3)10-14/h8-10,13,15,19H,6-7,11H2,1-5H3. The van der Waals surface area contributed by atoms with Crippen molar-refractivity contribution in [3.63, 3.8) is 0 Å². The number of rotatable bonds is 9. The molecule has 0 aliphatic carbocycles. The van der Waals surface area contributed by atoms with Gasteiger partial charge in [-0.05, 0) is 51.0 Å². The Labute approximate surface area is 138 Å². The van der Waals surface area contributed by atoms with E-state index in [-0.39, 0.29) is 24.2 Å². The molecule has 0 aliphatic heterocycles. The highest BCUT2D eigenvalue weighted by atomic mass is 16.5. The second-order valence-corrected chi connectivity index (χ2v) is 5.59. The van der Waals surface area contributed by atoms with Crippen molar-refractivity contribution in [3.05, 3.63) is 29.3 Å². The molecule has 1 N–H and O–H groups in total. The van der Waals surface area contributed by atoms with Crippen LogP contribution in [0.2, 0.25) is 0 Å². The summed E-state index contributed by atoms with van der Waals surface area (Å²) >= 11 is 0. The molecule has 0 saturated carbocycles. The Morgan fingerprint density at radius 2 is 1.96 bits per heavy atom. The lowest BCUT2D eigenvalue weighted by molar-refractivity contribution is -0.143. The molecule has 0 saturated heterocycles. The van der Waals surface area contributed by atoms with Crippen molar-refractivity contribution in [2.45, 2.75) is 52.6 Å². The number of ether oxygens (including phenoxy) is 2. The summed E-state index contributed by atoms with van der Waals surface area (Å²) in [5.41, 5.74) is 1.45. The minimum atomic E-state index is -0.586. The number of aryl methyl sites for hydroxylation is 1. The zero-order valence-electron chi connectivity index (χ0n) is 14.6. The molecule has 0 fully saturated rings. The molecule has 1 aromatic carbocycles. The van der Waals surface area contributed by atoms with Gasteiger partial charge in [0.05, 0.1) is 26.2 Å². The molecular formula is C18H27NO4. The van der Waals surface area contributed by atoms with E-state index in [1.807, 2.05) is 20.8 Å². The van der Waals surface area contributed by atoms with Gasteiger partial charge in [-0.15, -0.1) is 0 Å². The molecular weight excluding hydrogens is 294 g/mol. The van der Waals surface area contributed by atoms with Crippen LogP contribution in [-0.2, 0) is 9.53 Å². The third kappa shape index (κ3) is 5.67. The van der Waals surface area contributed by atoms with Gasteiger partial charge in [-0.1, -0.05) is 6.92 Å².